The van der Waals surface area contributed by atoms with Gasteiger partial charge in [-0.05, 0) is 29.8 Å². The molecule has 0 atom stereocenters. The summed E-state index contributed by atoms with van der Waals surface area (Å²) in [7, 11) is 4.24. The van der Waals surface area contributed by atoms with Crippen LogP contribution >= 0.6 is 11.6 Å². The minimum atomic E-state index is -0.232. The van der Waals surface area contributed by atoms with Crippen LogP contribution in [-0.2, 0) is 13.1 Å². The van der Waals surface area contributed by atoms with Crippen LogP contribution in [0, 0.1) is 0 Å². The Balaban J connectivity index is 1.81. The van der Waals surface area contributed by atoms with Gasteiger partial charge in [-0.2, -0.15) is 0 Å². The predicted octanol–water partition coefficient (Wildman–Crippen LogP) is 2.31. The molecule has 22 heavy (non-hydrogen) atoms. The molecule has 0 aromatic heterocycles. The van der Waals surface area contributed by atoms with Gasteiger partial charge < -0.3 is 15.5 Å². The van der Waals surface area contributed by atoms with E-state index in [0.717, 1.165) is 12.1 Å². The number of amides is 2. The first-order valence-corrected chi connectivity index (χ1v) is 7.58. The molecule has 2 aromatic rings. The molecular formula is C17H21ClN3O+. The summed E-state index contributed by atoms with van der Waals surface area (Å²) in [6.07, 6.45) is 0. The van der Waals surface area contributed by atoms with E-state index in [2.05, 4.69) is 36.9 Å². The maximum Gasteiger partial charge on any atom is 0.319 e. The van der Waals surface area contributed by atoms with Crippen LogP contribution in [0.3, 0.4) is 0 Å². The Bertz CT molecular complexity index is 609. The summed E-state index contributed by atoms with van der Waals surface area (Å²) in [6, 6.07) is 15.1. The van der Waals surface area contributed by atoms with Gasteiger partial charge >= 0.3 is 6.03 Å². The summed E-state index contributed by atoms with van der Waals surface area (Å²) in [5, 5.41) is 6.24. The van der Waals surface area contributed by atoms with E-state index in [1.807, 2.05) is 12.1 Å². The number of benzene rings is 2. The minimum Gasteiger partial charge on any atom is -0.336 e. The monoisotopic (exact) mass is 318 g/mol. The molecule has 116 valence electrons. The van der Waals surface area contributed by atoms with Crippen molar-refractivity contribution in [3.8, 4) is 0 Å². The fourth-order valence-corrected chi connectivity index (χ4v) is 2.20. The van der Waals surface area contributed by atoms with Crippen LogP contribution in [0.5, 0.6) is 0 Å². The Morgan fingerprint density at radius 3 is 2.18 bits per heavy atom. The smallest absolute Gasteiger partial charge is 0.319 e. The SMILES string of the molecule is C[NH+](C)Cc1ccc(CNC(=O)Nc2ccc(Cl)cc2)cc1. The van der Waals surface area contributed by atoms with E-state index in [1.54, 1.807) is 24.3 Å². The number of urea groups is 1. The van der Waals surface area contributed by atoms with Crippen molar-refractivity contribution >= 4 is 23.3 Å². The van der Waals surface area contributed by atoms with E-state index < -0.39 is 0 Å². The first-order valence-electron chi connectivity index (χ1n) is 7.20. The summed E-state index contributed by atoms with van der Waals surface area (Å²) in [5.74, 6) is 0. The third-order valence-corrected chi connectivity index (χ3v) is 3.39. The molecule has 0 radical (unpaired) electrons. The van der Waals surface area contributed by atoms with Gasteiger partial charge in [-0.25, -0.2) is 4.79 Å². The van der Waals surface area contributed by atoms with Gasteiger partial charge in [0.2, 0.25) is 0 Å². The van der Waals surface area contributed by atoms with Gasteiger partial charge in [0.1, 0.15) is 6.54 Å². The van der Waals surface area contributed by atoms with E-state index in [4.69, 9.17) is 11.6 Å². The zero-order valence-electron chi connectivity index (χ0n) is 12.8. The van der Waals surface area contributed by atoms with Crippen LogP contribution in [0.15, 0.2) is 48.5 Å². The molecule has 2 amide bonds. The Morgan fingerprint density at radius 2 is 1.59 bits per heavy atom. The molecule has 0 heterocycles. The van der Waals surface area contributed by atoms with Crippen molar-refractivity contribution < 1.29 is 9.69 Å². The number of rotatable bonds is 5. The van der Waals surface area contributed by atoms with E-state index in [-0.39, 0.29) is 6.03 Å². The van der Waals surface area contributed by atoms with Crippen molar-refractivity contribution in [1.82, 2.24) is 5.32 Å². The molecule has 2 aromatic carbocycles. The van der Waals surface area contributed by atoms with Gasteiger partial charge in [0, 0.05) is 22.8 Å². The average molecular weight is 319 g/mol. The quantitative estimate of drug-likeness (QED) is 0.778. The van der Waals surface area contributed by atoms with E-state index in [1.165, 1.54) is 10.5 Å². The lowest BCUT2D eigenvalue weighted by molar-refractivity contribution is -0.872. The number of carbonyl (C=O) groups is 1. The van der Waals surface area contributed by atoms with Crippen molar-refractivity contribution in [2.45, 2.75) is 13.1 Å². The highest BCUT2D eigenvalue weighted by Crippen LogP contribution is 2.13. The molecule has 0 unspecified atom stereocenters. The van der Waals surface area contributed by atoms with Crippen LogP contribution in [0.1, 0.15) is 11.1 Å². The summed E-state index contributed by atoms with van der Waals surface area (Å²) in [4.78, 5) is 13.2. The fourth-order valence-electron chi connectivity index (χ4n) is 2.07. The highest BCUT2D eigenvalue weighted by Gasteiger charge is 2.03. The zero-order chi connectivity index (χ0) is 15.9. The minimum absolute atomic E-state index is 0.232. The van der Waals surface area contributed by atoms with Gasteiger partial charge in [0.15, 0.2) is 0 Å². The van der Waals surface area contributed by atoms with Crippen LogP contribution in [-0.4, -0.2) is 20.1 Å². The second-order valence-electron chi connectivity index (χ2n) is 5.51. The van der Waals surface area contributed by atoms with Crippen LogP contribution in [0.2, 0.25) is 5.02 Å². The molecule has 0 saturated heterocycles. The lowest BCUT2D eigenvalue weighted by atomic mass is 10.1. The van der Waals surface area contributed by atoms with E-state index in [0.29, 0.717) is 17.3 Å². The van der Waals surface area contributed by atoms with Gasteiger partial charge in [0.25, 0.3) is 0 Å². The fraction of sp³-hybridized carbons (Fsp3) is 0.235. The number of quaternary nitrogens is 1. The molecule has 0 spiro atoms. The number of halogens is 1. The lowest BCUT2D eigenvalue weighted by Gasteiger charge is -2.09. The Kier molecular flexibility index (Phi) is 5.81. The molecule has 0 aliphatic carbocycles. The lowest BCUT2D eigenvalue weighted by Crippen LogP contribution is -3.04. The summed E-state index contributed by atoms with van der Waals surface area (Å²) in [5.41, 5.74) is 3.07. The second kappa shape index (κ2) is 7.82. The molecule has 0 aliphatic rings. The largest absolute Gasteiger partial charge is 0.336 e. The molecule has 0 aliphatic heterocycles. The van der Waals surface area contributed by atoms with Gasteiger partial charge in [-0.1, -0.05) is 35.9 Å². The topological polar surface area (TPSA) is 45.6 Å². The standard InChI is InChI=1S/C17H20ClN3O/c1-21(2)12-14-5-3-13(4-6-14)11-19-17(22)20-16-9-7-15(18)8-10-16/h3-10H,11-12H2,1-2H3,(H2,19,20,22)/p+1. The van der Waals surface area contributed by atoms with Crippen molar-refractivity contribution in [2.24, 2.45) is 0 Å². The number of nitrogens with one attached hydrogen (secondary N) is 3. The van der Waals surface area contributed by atoms with Crippen LogP contribution < -0.4 is 15.5 Å². The second-order valence-corrected chi connectivity index (χ2v) is 5.95. The van der Waals surface area contributed by atoms with Crippen molar-refractivity contribution in [2.75, 3.05) is 19.4 Å². The van der Waals surface area contributed by atoms with Gasteiger partial charge in [-0.15, -0.1) is 0 Å². The molecular weight excluding hydrogens is 298 g/mol. The first kappa shape index (κ1) is 16.3. The number of anilines is 1. The molecule has 0 saturated carbocycles. The third kappa shape index (κ3) is 5.39. The Morgan fingerprint density at radius 1 is 1.00 bits per heavy atom. The van der Waals surface area contributed by atoms with Gasteiger partial charge in [0.05, 0.1) is 14.1 Å². The molecule has 2 rings (SSSR count). The van der Waals surface area contributed by atoms with Crippen molar-refractivity contribution in [3.63, 3.8) is 0 Å². The van der Waals surface area contributed by atoms with E-state index in [9.17, 15) is 4.79 Å². The summed E-state index contributed by atoms with van der Waals surface area (Å²) < 4.78 is 0. The molecule has 5 heteroatoms. The maximum absolute atomic E-state index is 11.8. The average Bonchev–Trinajstić information content (AvgIpc) is 2.48. The van der Waals surface area contributed by atoms with Crippen LogP contribution in [0.25, 0.3) is 0 Å². The Labute approximate surface area is 136 Å². The van der Waals surface area contributed by atoms with Crippen molar-refractivity contribution in [1.29, 1.82) is 0 Å². The highest BCUT2D eigenvalue weighted by atomic mass is 35.5. The number of carbonyl (C=O) groups excluding carboxylic acids is 1. The van der Waals surface area contributed by atoms with E-state index >= 15 is 0 Å². The zero-order valence-corrected chi connectivity index (χ0v) is 13.6. The predicted molar refractivity (Wildman–Crippen MR) is 90.3 cm³/mol. The Hall–Kier alpha value is -2.04. The molecule has 4 nitrogen and oxygen atoms in total. The molecule has 3 N–H and O–H groups in total. The number of hydrogen-bond acceptors (Lipinski definition) is 1. The summed E-state index contributed by atoms with van der Waals surface area (Å²) in [6.45, 7) is 1.49. The molecule has 0 fully saturated rings. The normalized spacial score (nSPS) is 10.5. The van der Waals surface area contributed by atoms with Crippen LogP contribution in [0.4, 0.5) is 10.5 Å². The molecule has 0 bridgehead atoms. The maximum atomic E-state index is 11.8. The van der Waals surface area contributed by atoms with Gasteiger partial charge in [-0.3, -0.25) is 0 Å². The first-order chi connectivity index (χ1) is 10.5. The third-order valence-electron chi connectivity index (χ3n) is 3.14. The highest BCUT2D eigenvalue weighted by molar-refractivity contribution is 6.30. The summed E-state index contributed by atoms with van der Waals surface area (Å²) >= 11 is 5.80. The number of hydrogen-bond donors (Lipinski definition) is 3. The van der Waals surface area contributed by atoms with Crippen molar-refractivity contribution in [3.05, 3.63) is 64.7 Å².